The molecule has 1 aromatic carbocycles. The average Bonchev–Trinajstić information content (AvgIpc) is 2.97. The van der Waals surface area contributed by atoms with E-state index in [2.05, 4.69) is 30.8 Å². The van der Waals surface area contributed by atoms with Gasteiger partial charge < -0.3 is 14.3 Å². The average molecular weight is 403 g/mol. The molecule has 0 N–H and O–H groups in total. The van der Waals surface area contributed by atoms with Gasteiger partial charge in [0.25, 0.3) is 0 Å². The second kappa shape index (κ2) is 6.68. The molecule has 1 aromatic heterocycles. The van der Waals surface area contributed by atoms with Crippen molar-refractivity contribution in [1.29, 1.82) is 0 Å². The molecule has 2 heterocycles. The van der Waals surface area contributed by atoms with Crippen LogP contribution in [0.3, 0.4) is 0 Å². The third-order valence-electron chi connectivity index (χ3n) is 3.06. The smallest absolute Gasteiger partial charge is 0.438 e. The van der Waals surface area contributed by atoms with Gasteiger partial charge in [-0.05, 0) is 45.8 Å². The number of alkyl halides is 3. The minimum absolute atomic E-state index is 0.289. The molecule has 0 amide bonds. The third kappa shape index (κ3) is 4.38. The number of nitrogens with zero attached hydrogens (tertiary/aromatic N) is 2. The molecule has 1 atom stereocenters. The van der Waals surface area contributed by atoms with E-state index in [0.717, 1.165) is 0 Å². The first kappa shape index (κ1) is 16.6. The first-order valence-corrected chi connectivity index (χ1v) is 7.56. The monoisotopic (exact) mass is 402 g/mol. The molecule has 2 aromatic rings. The number of oxime groups is 1. The molecule has 1 aliphatic heterocycles. The van der Waals surface area contributed by atoms with Gasteiger partial charge in [-0.2, -0.15) is 0 Å². The summed E-state index contributed by atoms with van der Waals surface area (Å²) in [4.78, 5) is 9.29. The zero-order chi connectivity index (χ0) is 17.2. The summed E-state index contributed by atoms with van der Waals surface area (Å²) in [6, 6.07) is 8.88. The van der Waals surface area contributed by atoms with Crippen molar-refractivity contribution in [2.45, 2.75) is 18.9 Å². The molecule has 0 spiro atoms. The van der Waals surface area contributed by atoms with Crippen LogP contribution >= 0.6 is 15.9 Å². The van der Waals surface area contributed by atoms with Crippen LogP contribution in [-0.2, 0) is 4.84 Å². The molecule has 5 nitrogen and oxygen atoms in total. The van der Waals surface area contributed by atoms with Gasteiger partial charge in [-0.15, -0.1) is 13.2 Å². The van der Waals surface area contributed by atoms with Gasteiger partial charge in [0.15, 0.2) is 6.10 Å². The Morgan fingerprint density at radius 1 is 1.08 bits per heavy atom. The van der Waals surface area contributed by atoms with Crippen molar-refractivity contribution in [3.63, 3.8) is 0 Å². The molecule has 24 heavy (non-hydrogen) atoms. The summed E-state index contributed by atoms with van der Waals surface area (Å²) in [6.45, 7) is 0. The van der Waals surface area contributed by atoms with E-state index >= 15 is 0 Å². The van der Waals surface area contributed by atoms with Crippen LogP contribution in [0.15, 0.2) is 52.4 Å². The highest BCUT2D eigenvalue weighted by Gasteiger charge is 2.31. The lowest BCUT2D eigenvalue weighted by Gasteiger charge is -2.11. The molecule has 0 radical (unpaired) electrons. The van der Waals surface area contributed by atoms with Gasteiger partial charge >= 0.3 is 6.36 Å². The number of aromatic nitrogens is 1. The van der Waals surface area contributed by atoms with E-state index in [9.17, 15) is 13.2 Å². The normalized spacial score (nSPS) is 17.2. The first-order valence-electron chi connectivity index (χ1n) is 6.77. The van der Waals surface area contributed by atoms with Crippen molar-refractivity contribution in [2.75, 3.05) is 0 Å². The molecule has 0 fully saturated rings. The van der Waals surface area contributed by atoms with Gasteiger partial charge in [0.2, 0.25) is 5.90 Å². The largest absolute Gasteiger partial charge is 0.573 e. The Morgan fingerprint density at radius 2 is 1.79 bits per heavy atom. The Morgan fingerprint density at radius 3 is 2.42 bits per heavy atom. The van der Waals surface area contributed by atoms with Crippen LogP contribution in [0.25, 0.3) is 0 Å². The fourth-order valence-corrected chi connectivity index (χ4v) is 2.27. The van der Waals surface area contributed by atoms with Crippen molar-refractivity contribution < 1.29 is 27.5 Å². The molecular weight excluding hydrogens is 393 g/mol. The maximum atomic E-state index is 12.1. The van der Waals surface area contributed by atoms with Crippen molar-refractivity contribution in [2.24, 2.45) is 5.16 Å². The molecule has 126 valence electrons. The molecule has 0 aliphatic carbocycles. The molecule has 1 aliphatic rings. The summed E-state index contributed by atoms with van der Waals surface area (Å²) < 4.78 is 46.5. The van der Waals surface area contributed by atoms with Crippen LogP contribution < -0.4 is 9.47 Å². The van der Waals surface area contributed by atoms with Crippen LogP contribution in [0.2, 0.25) is 0 Å². The second-order valence-corrected chi connectivity index (χ2v) is 5.63. The Labute approximate surface area is 143 Å². The van der Waals surface area contributed by atoms with Crippen LogP contribution in [0, 0.1) is 0 Å². The summed E-state index contributed by atoms with van der Waals surface area (Å²) in [5, 5.41) is 3.84. The van der Waals surface area contributed by atoms with E-state index in [1.165, 1.54) is 30.5 Å². The van der Waals surface area contributed by atoms with Crippen LogP contribution in [0.5, 0.6) is 11.5 Å². The zero-order valence-corrected chi connectivity index (χ0v) is 13.5. The predicted molar refractivity (Wildman–Crippen MR) is 81.6 cm³/mol. The number of halogens is 4. The van der Waals surface area contributed by atoms with E-state index < -0.39 is 12.5 Å². The number of ether oxygens (including phenoxy) is 2. The van der Waals surface area contributed by atoms with Gasteiger partial charge in [-0.3, -0.25) is 0 Å². The molecule has 3 rings (SSSR count). The fourth-order valence-electron chi connectivity index (χ4n) is 2.04. The summed E-state index contributed by atoms with van der Waals surface area (Å²) in [5.74, 6) is 0.581. The molecule has 0 saturated carbocycles. The molecule has 9 heteroatoms. The second-order valence-electron chi connectivity index (χ2n) is 4.82. The minimum Gasteiger partial charge on any atom is -0.438 e. The number of hydrogen-bond donors (Lipinski definition) is 0. The number of rotatable bonds is 3. The van der Waals surface area contributed by atoms with E-state index in [0.29, 0.717) is 28.2 Å². The van der Waals surface area contributed by atoms with Crippen LogP contribution in [0.4, 0.5) is 13.2 Å². The Hall–Kier alpha value is -2.29. The maximum Gasteiger partial charge on any atom is 0.573 e. The number of pyridine rings is 1. The lowest BCUT2D eigenvalue weighted by atomic mass is 10.1. The number of hydrogen-bond acceptors (Lipinski definition) is 5. The van der Waals surface area contributed by atoms with E-state index in [4.69, 9.17) is 9.57 Å². The minimum atomic E-state index is -4.71. The standard InChI is InChI=1S/C15H10BrF3N2O3/c16-13-6-5-11(8-20-13)22-14-7-12(24-21-14)9-1-3-10(4-2-9)23-15(17,18)19/h1-6,8,12H,7H2. The quantitative estimate of drug-likeness (QED) is 0.704. The summed E-state index contributed by atoms with van der Waals surface area (Å²) in [5.41, 5.74) is 0.667. The van der Waals surface area contributed by atoms with Crippen molar-refractivity contribution in [1.82, 2.24) is 4.98 Å². The molecule has 1 unspecified atom stereocenters. The highest BCUT2D eigenvalue weighted by Crippen LogP contribution is 2.30. The van der Waals surface area contributed by atoms with E-state index in [-0.39, 0.29) is 5.75 Å². The van der Waals surface area contributed by atoms with Gasteiger partial charge in [0.05, 0.1) is 12.6 Å². The van der Waals surface area contributed by atoms with Crippen LogP contribution in [-0.4, -0.2) is 17.2 Å². The lowest BCUT2D eigenvalue weighted by molar-refractivity contribution is -0.274. The van der Waals surface area contributed by atoms with Crippen LogP contribution in [0.1, 0.15) is 18.1 Å². The SMILES string of the molecule is FC(F)(F)Oc1ccc(C2CC(Oc3ccc(Br)nc3)=NO2)cc1. The van der Waals surface area contributed by atoms with Gasteiger partial charge in [0.1, 0.15) is 16.1 Å². The summed E-state index contributed by atoms with van der Waals surface area (Å²) >= 11 is 3.22. The summed E-state index contributed by atoms with van der Waals surface area (Å²) in [7, 11) is 0. The van der Waals surface area contributed by atoms with E-state index in [1.807, 2.05) is 0 Å². The Bertz CT molecular complexity index is 733. The highest BCUT2D eigenvalue weighted by molar-refractivity contribution is 9.10. The maximum absolute atomic E-state index is 12.1. The Kier molecular flexibility index (Phi) is 4.61. The predicted octanol–water partition coefficient (Wildman–Crippen LogP) is 4.60. The fraction of sp³-hybridized carbons (Fsp3) is 0.200. The highest BCUT2D eigenvalue weighted by atomic mass is 79.9. The van der Waals surface area contributed by atoms with Crippen molar-refractivity contribution >= 4 is 21.8 Å². The van der Waals surface area contributed by atoms with Crippen molar-refractivity contribution in [3.8, 4) is 11.5 Å². The number of benzene rings is 1. The van der Waals surface area contributed by atoms with Gasteiger partial charge in [-0.25, -0.2) is 4.98 Å². The van der Waals surface area contributed by atoms with Gasteiger partial charge in [0, 0.05) is 0 Å². The van der Waals surface area contributed by atoms with E-state index in [1.54, 1.807) is 12.1 Å². The zero-order valence-electron chi connectivity index (χ0n) is 12.0. The first-order chi connectivity index (χ1) is 11.4. The van der Waals surface area contributed by atoms with Gasteiger partial charge in [-0.1, -0.05) is 17.3 Å². The van der Waals surface area contributed by atoms with Crippen molar-refractivity contribution in [3.05, 3.63) is 52.8 Å². The lowest BCUT2D eigenvalue weighted by Crippen LogP contribution is -2.17. The topological polar surface area (TPSA) is 52.9 Å². The molecule has 0 bridgehead atoms. The molecular formula is C15H10BrF3N2O3. The molecule has 0 saturated heterocycles. The Balaban J connectivity index is 1.59. The third-order valence-corrected chi connectivity index (χ3v) is 3.53. The summed E-state index contributed by atoms with van der Waals surface area (Å²) in [6.07, 6.45) is -3.25.